The second-order valence-corrected chi connectivity index (χ2v) is 6.10. The van der Waals surface area contributed by atoms with E-state index in [9.17, 15) is 0 Å². The number of likely N-dealkylation sites (N-methyl/N-ethyl adjacent to an activating group) is 1. The highest BCUT2D eigenvalue weighted by molar-refractivity contribution is 5.38. The summed E-state index contributed by atoms with van der Waals surface area (Å²) in [4.78, 5) is 2.33. The minimum atomic E-state index is 0.0685. The van der Waals surface area contributed by atoms with Gasteiger partial charge in [0.1, 0.15) is 0 Å². The Hall–Kier alpha value is -1.22. The lowest BCUT2D eigenvalue weighted by Crippen LogP contribution is -2.39. The van der Waals surface area contributed by atoms with E-state index in [1.54, 1.807) is 0 Å². The van der Waals surface area contributed by atoms with E-state index in [2.05, 4.69) is 56.8 Å². The Morgan fingerprint density at radius 1 is 1.43 bits per heavy atom. The van der Waals surface area contributed by atoms with Crippen molar-refractivity contribution in [2.45, 2.75) is 65.0 Å². The third kappa shape index (κ3) is 5.24. The van der Waals surface area contributed by atoms with Gasteiger partial charge in [-0.3, -0.25) is 0 Å². The van der Waals surface area contributed by atoms with E-state index >= 15 is 0 Å². The van der Waals surface area contributed by atoms with Gasteiger partial charge in [0.05, 0.1) is 0 Å². The summed E-state index contributed by atoms with van der Waals surface area (Å²) < 4.78 is 0. The van der Waals surface area contributed by atoms with Crippen LogP contribution >= 0.6 is 0 Å². The molecule has 0 heterocycles. The number of unbranched alkanes of at least 4 members (excludes halogenated alkanes) is 1. The predicted octanol–water partition coefficient (Wildman–Crippen LogP) is 3.55. The molecule has 0 amide bonds. The maximum atomic E-state index is 6.38. The summed E-state index contributed by atoms with van der Waals surface area (Å²) in [5.74, 6) is 0. The highest BCUT2D eigenvalue weighted by atomic mass is 15.2. The molecule has 0 fully saturated rings. The van der Waals surface area contributed by atoms with Crippen LogP contribution < -0.4 is 11.1 Å². The molecule has 120 valence electrons. The highest BCUT2D eigenvalue weighted by Crippen LogP contribution is 2.25. The molecule has 0 saturated heterocycles. The third-order valence-corrected chi connectivity index (χ3v) is 4.31. The lowest BCUT2D eigenvalue weighted by Gasteiger charge is -2.34. The first-order valence-corrected chi connectivity index (χ1v) is 8.33. The van der Waals surface area contributed by atoms with Crippen molar-refractivity contribution < 1.29 is 0 Å². The molecular formula is C18H33N3. The number of nitrogens with one attached hydrogen (secondary N) is 1. The van der Waals surface area contributed by atoms with Gasteiger partial charge in [-0.15, -0.1) is 0 Å². The quantitative estimate of drug-likeness (QED) is 0.638. The van der Waals surface area contributed by atoms with Crippen LogP contribution in [0.2, 0.25) is 0 Å². The molecule has 0 bridgehead atoms. The molecule has 1 aliphatic carbocycles. The molecule has 0 aromatic carbocycles. The molecule has 2 atom stereocenters. The standard InChI is InChI=1S/C18H33N3/c1-6-8-12-20-15(4)16-10-11-18(17(19)13-16)21(5)14(3)9-7-2/h10-11,14,17,20H,4,6-9,12-13,19H2,1-3,5H3. The van der Waals surface area contributed by atoms with Crippen LogP contribution in [0.1, 0.15) is 52.9 Å². The second-order valence-electron chi connectivity index (χ2n) is 6.10. The van der Waals surface area contributed by atoms with Gasteiger partial charge < -0.3 is 16.0 Å². The molecule has 3 nitrogen and oxygen atoms in total. The summed E-state index contributed by atoms with van der Waals surface area (Å²) in [5.41, 5.74) is 9.88. The first kappa shape index (κ1) is 17.8. The maximum absolute atomic E-state index is 6.38. The lowest BCUT2D eigenvalue weighted by atomic mass is 9.94. The summed E-state index contributed by atoms with van der Waals surface area (Å²) in [7, 11) is 2.15. The second kappa shape index (κ2) is 8.93. The molecule has 0 aliphatic heterocycles. The van der Waals surface area contributed by atoms with Gasteiger partial charge in [0, 0.05) is 37.1 Å². The van der Waals surface area contributed by atoms with Crippen molar-refractivity contribution in [3.05, 3.63) is 35.7 Å². The fourth-order valence-corrected chi connectivity index (χ4v) is 2.72. The monoisotopic (exact) mass is 291 g/mol. The van der Waals surface area contributed by atoms with Crippen LogP contribution in [0.15, 0.2) is 35.7 Å². The number of hydrogen-bond donors (Lipinski definition) is 2. The first-order valence-electron chi connectivity index (χ1n) is 8.33. The average molecular weight is 291 g/mol. The molecule has 0 aromatic rings. The summed E-state index contributed by atoms with van der Waals surface area (Å²) in [5, 5.41) is 3.40. The van der Waals surface area contributed by atoms with Crippen LogP contribution in [-0.4, -0.2) is 30.6 Å². The lowest BCUT2D eigenvalue weighted by molar-refractivity contribution is 0.286. The molecular weight excluding hydrogens is 258 g/mol. The van der Waals surface area contributed by atoms with E-state index in [-0.39, 0.29) is 6.04 Å². The Morgan fingerprint density at radius 3 is 2.71 bits per heavy atom. The van der Waals surface area contributed by atoms with Crippen molar-refractivity contribution in [2.75, 3.05) is 13.6 Å². The predicted molar refractivity (Wildman–Crippen MR) is 92.9 cm³/mol. The Kier molecular flexibility index (Phi) is 7.58. The van der Waals surface area contributed by atoms with Gasteiger partial charge in [-0.1, -0.05) is 39.3 Å². The topological polar surface area (TPSA) is 41.3 Å². The van der Waals surface area contributed by atoms with Crippen LogP contribution in [0.25, 0.3) is 0 Å². The zero-order valence-corrected chi connectivity index (χ0v) is 14.3. The molecule has 0 aromatic heterocycles. The number of rotatable bonds is 9. The van der Waals surface area contributed by atoms with Crippen molar-refractivity contribution >= 4 is 0 Å². The van der Waals surface area contributed by atoms with Crippen LogP contribution in [0.5, 0.6) is 0 Å². The summed E-state index contributed by atoms with van der Waals surface area (Å²) in [6, 6.07) is 0.604. The zero-order valence-electron chi connectivity index (χ0n) is 14.3. The Labute approximate surface area is 131 Å². The third-order valence-electron chi connectivity index (χ3n) is 4.31. The van der Waals surface area contributed by atoms with E-state index in [0.29, 0.717) is 6.04 Å². The Balaban J connectivity index is 2.67. The summed E-state index contributed by atoms with van der Waals surface area (Å²) in [6.45, 7) is 11.8. The van der Waals surface area contributed by atoms with Crippen molar-refractivity contribution in [1.82, 2.24) is 10.2 Å². The van der Waals surface area contributed by atoms with E-state index in [0.717, 1.165) is 18.7 Å². The van der Waals surface area contributed by atoms with Crippen molar-refractivity contribution in [1.29, 1.82) is 0 Å². The number of nitrogens with zero attached hydrogens (tertiary/aromatic N) is 1. The molecule has 2 unspecified atom stereocenters. The van der Waals surface area contributed by atoms with Gasteiger partial charge in [-0.05, 0) is 37.8 Å². The minimum Gasteiger partial charge on any atom is -0.385 e. The van der Waals surface area contributed by atoms with Gasteiger partial charge in [-0.2, -0.15) is 0 Å². The first-order chi connectivity index (χ1) is 10.0. The molecule has 3 N–H and O–H groups in total. The van der Waals surface area contributed by atoms with Gasteiger partial charge in [0.2, 0.25) is 0 Å². The molecule has 1 aliphatic rings. The normalized spacial score (nSPS) is 19.6. The van der Waals surface area contributed by atoms with Crippen molar-refractivity contribution in [2.24, 2.45) is 5.73 Å². The number of allylic oxidation sites excluding steroid dienone is 3. The van der Waals surface area contributed by atoms with Crippen molar-refractivity contribution in [3.8, 4) is 0 Å². The van der Waals surface area contributed by atoms with Gasteiger partial charge >= 0.3 is 0 Å². The molecule has 3 heteroatoms. The van der Waals surface area contributed by atoms with E-state index in [4.69, 9.17) is 5.73 Å². The Morgan fingerprint density at radius 2 is 2.14 bits per heavy atom. The molecule has 0 spiro atoms. The summed E-state index contributed by atoms with van der Waals surface area (Å²) in [6.07, 6.45) is 9.99. The van der Waals surface area contributed by atoms with E-state index < -0.39 is 0 Å². The summed E-state index contributed by atoms with van der Waals surface area (Å²) >= 11 is 0. The fourth-order valence-electron chi connectivity index (χ4n) is 2.72. The molecule has 0 saturated carbocycles. The Bertz CT molecular complexity index is 395. The number of hydrogen-bond acceptors (Lipinski definition) is 3. The fraction of sp³-hybridized carbons (Fsp3) is 0.667. The molecule has 21 heavy (non-hydrogen) atoms. The molecule has 1 rings (SSSR count). The van der Waals surface area contributed by atoms with E-state index in [1.165, 1.54) is 37.0 Å². The zero-order chi connectivity index (χ0) is 15.8. The maximum Gasteiger partial charge on any atom is 0.0488 e. The highest BCUT2D eigenvalue weighted by Gasteiger charge is 2.22. The van der Waals surface area contributed by atoms with Crippen LogP contribution in [0, 0.1) is 0 Å². The average Bonchev–Trinajstić information content (AvgIpc) is 2.46. The molecule has 0 radical (unpaired) electrons. The smallest absolute Gasteiger partial charge is 0.0488 e. The van der Waals surface area contributed by atoms with Crippen LogP contribution in [0.3, 0.4) is 0 Å². The SMILES string of the molecule is C=C(NCCCC)C1=CC=C(N(C)C(C)CCC)C(N)C1. The van der Waals surface area contributed by atoms with Gasteiger partial charge in [0.25, 0.3) is 0 Å². The number of nitrogens with two attached hydrogens (primary N) is 1. The van der Waals surface area contributed by atoms with E-state index in [1.807, 2.05) is 0 Å². The van der Waals surface area contributed by atoms with Gasteiger partial charge in [-0.25, -0.2) is 0 Å². The van der Waals surface area contributed by atoms with Crippen LogP contribution in [0.4, 0.5) is 0 Å². The van der Waals surface area contributed by atoms with Gasteiger partial charge in [0.15, 0.2) is 0 Å². The van der Waals surface area contributed by atoms with Crippen LogP contribution in [-0.2, 0) is 0 Å². The van der Waals surface area contributed by atoms with Crippen molar-refractivity contribution in [3.63, 3.8) is 0 Å². The minimum absolute atomic E-state index is 0.0685. The largest absolute Gasteiger partial charge is 0.385 e.